The van der Waals surface area contributed by atoms with Crippen molar-refractivity contribution in [2.24, 2.45) is 14.1 Å². The molecule has 1 N–H and O–H groups in total. The third-order valence-electron chi connectivity index (χ3n) is 4.72. The molecule has 6 nitrogen and oxygen atoms in total. The molecule has 3 rings (SSSR count). The number of anilines is 1. The van der Waals surface area contributed by atoms with E-state index in [-0.39, 0.29) is 10.6 Å². The zero-order valence-corrected chi connectivity index (χ0v) is 16.4. The van der Waals surface area contributed by atoms with Gasteiger partial charge in [0, 0.05) is 14.1 Å². The summed E-state index contributed by atoms with van der Waals surface area (Å²) in [5, 5.41) is 0. The van der Waals surface area contributed by atoms with Crippen LogP contribution in [0.25, 0.3) is 11.0 Å². The minimum Gasteiger partial charge on any atom is -0.295 e. The van der Waals surface area contributed by atoms with Crippen molar-refractivity contribution in [3.05, 3.63) is 58.0 Å². The molecule has 138 valence electrons. The molecule has 0 amide bonds. The summed E-state index contributed by atoms with van der Waals surface area (Å²) >= 11 is 0. The largest absolute Gasteiger partial charge is 0.328 e. The maximum atomic E-state index is 12.7. The van der Waals surface area contributed by atoms with Crippen LogP contribution in [0.1, 0.15) is 30.9 Å². The Kier molecular flexibility index (Phi) is 4.44. The summed E-state index contributed by atoms with van der Waals surface area (Å²) < 4.78 is 31.2. The van der Waals surface area contributed by atoms with Crippen molar-refractivity contribution in [2.45, 2.75) is 31.6 Å². The van der Waals surface area contributed by atoms with E-state index in [0.717, 1.165) is 16.6 Å². The van der Waals surface area contributed by atoms with E-state index in [1.165, 1.54) is 4.57 Å². The fraction of sp³-hybridized carbons (Fsp3) is 0.316. The van der Waals surface area contributed by atoms with E-state index in [0.29, 0.717) is 17.1 Å². The first-order valence-electron chi connectivity index (χ1n) is 8.40. The molecule has 1 heterocycles. The molecule has 1 aromatic heterocycles. The summed E-state index contributed by atoms with van der Waals surface area (Å²) in [5.74, 6) is 0.337. The van der Waals surface area contributed by atoms with Crippen LogP contribution in [0, 0.1) is 6.92 Å². The topological polar surface area (TPSA) is 73.1 Å². The highest BCUT2D eigenvalue weighted by atomic mass is 32.2. The first-order chi connectivity index (χ1) is 12.1. The number of fused-ring (bicyclic) bond motifs is 1. The van der Waals surface area contributed by atoms with Crippen molar-refractivity contribution in [3.63, 3.8) is 0 Å². The summed E-state index contributed by atoms with van der Waals surface area (Å²) in [6, 6.07) is 10.4. The number of nitrogens with one attached hydrogen (secondary N) is 1. The monoisotopic (exact) mass is 373 g/mol. The van der Waals surface area contributed by atoms with Gasteiger partial charge in [-0.25, -0.2) is 13.2 Å². The second kappa shape index (κ2) is 6.32. The fourth-order valence-electron chi connectivity index (χ4n) is 3.00. The third-order valence-corrected chi connectivity index (χ3v) is 6.10. The van der Waals surface area contributed by atoms with Gasteiger partial charge in [0.15, 0.2) is 0 Å². The van der Waals surface area contributed by atoms with E-state index in [1.54, 1.807) is 36.9 Å². The molecule has 0 unspecified atom stereocenters. The number of benzene rings is 2. The minimum absolute atomic E-state index is 0.149. The Labute approximate surface area is 153 Å². The molecule has 3 aromatic rings. The van der Waals surface area contributed by atoms with E-state index >= 15 is 0 Å². The SMILES string of the molecule is Cc1cc2c(cc1NS(=O)(=O)c1ccc(C(C)C)cc1)n(C)c(=O)n2C. The predicted octanol–water partition coefficient (Wildman–Crippen LogP) is 3.11. The highest BCUT2D eigenvalue weighted by molar-refractivity contribution is 7.92. The third kappa shape index (κ3) is 3.03. The summed E-state index contributed by atoms with van der Waals surface area (Å²) in [6.45, 7) is 5.94. The molecule has 0 spiro atoms. The van der Waals surface area contributed by atoms with Gasteiger partial charge in [-0.3, -0.25) is 13.9 Å². The Morgan fingerprint density at radius 1 is 0.962 bits per heavy atom. The molecule has 7 heteroatoms. The number of hydrogen-bond acceptors (Lipinski definition) is 3. The molecule has 0 radical (unpaired) electrons. The Morgan fingerprint density at radius 2 is 1.50 bits per heavy atom. The molecular formula is C19H23N3O3S. The van der Waals surface area contributed by atoms with Crippen LogP contribution in [0.5, 0.6) is 0 Å². The second-order valence-electron chi connectivity index (χ2n) is 6.89. The van der Waals surface area contributed by atoms with E-state index in [9.17, 15) is 13.2 Å². The first-order valence-corrected chi connectivity index (χ1v) is 9.89. The van der Waals surface area contributed by atoms with Gasteiger partial charge in [0.05, 0.1) is 21.6 Å². The van der Waals surface area contributed by atoms with Crippen LogP contribution >= 0.6 is 0 Å². The minimum atomic E-state index is -3.71. The van der Waals surface area contributed by atoms with Gasteiger partial charge in [-0.05, 0) is 48.2 Å². The van der Waals surface area contributed by atoms with Gasteiger partial charge in [0.2, 0.25) is 0 Å². The summed E-state index contributed by atoms with van der Waals surface area (Å²) in [6.07, 6.45) is 0. The summed E-state index contributed by atoms with van der Waals surface area (Å²) in [7, 11) is -0.339. The Morgan fingerprint density at radius 3 is 2.04 bits per heavy atom. The highest BCUT2D eigenvalue weighted by Gasteiger charge is 2.18. The Bertz CT molecular complexity index is 1140. The number of aromatic nitrogens is 2. The molecule has 26 heavy (non-hydrogen) atoms. The van der Waals surface area contributed by atoms with Crippen LogP contribution in [0.4, 0.5) is 5.69 Å². The fourth-order valence-corrected chi connectivity index (χ4v) is 4.12. The van der Waals surface area contributed by atoms with Gasteiger partial charge in [0.1, 0.15) is 0 Å². The molecule has 0 saturated heterocycles. The average Bonchev–Trinajstić information content (AvgIpc) is 2.79. The average molecular weight is 373 g/mol. The number of sulfonamides is 1. The molecular weight excluding hydrogens is 350 g/mol. The maximum Gasteiger partial charge on any atom is 0.328 e. The zero-order chi connectivity index (χ0) is 19.2. The lowest BCUT2D eigenvalue weighted by molar-refractivity contribution is 0.601. The number of rotatable bonds is 4. The van der Waals surface area contributed by atoms with Crippen LogP contribution in [0.15, 0.2) is 46.1 Å². The van der Waals surface area contributed by atoms with Crippen LogP contribution in [0.3, 0.4) is 0 Å². The van der Waals surface area contributed by atoms with Crippen LogP contribution in [-0.4, -0.2) is 17.6 Å². The summed E-state index contributed by atoms with van der Waals surface area (Å²) in [4.78, 5) is 12.3. The van der Waals surface area contributed by atoms with Crippen molar-refractivity contribution in [3.8, 4) is 0 Å². The molecule has 0 saturated carbocycles. The van der Waals surface area contributed by atoms with Gasteiger partial charge < -0.3 is 0 Å². The number of aryl methyl sites for hydroxylation is 3. The molecule has 2 aromatic carbocycles. The predicted molar refractivity (Wildman–Crippen MR) is 104 cm³/mol. The lowest BCUT2D eigenvalue weighted by Crippen LogP contribution is -2.19. The lowest BCUT2D eigenvalue weighted by Gasteiger charge is -2.12. The molecule has 0 atom stereocenters. The normalized spacial score (nSPS) is 12.1. The summed E-state index contributed by atoms with van der Waals surface area (Å²) in [5.41, 5.74) is 3.59. The van der Waals surface area contributed by atoms with Crippen molar-refractivity contribution < 1.29 is 8.42 Å². The van der Waals surface area contributed by atoms with E-state index < -0.39 is 10.0 Å². The van der Waals surface area contributed by atoms with Gasteiger partial charge in [-0.15, -0.1) is 0 Å². The van der Waals surface area contributed by atoms with E-state index in [1.807, 2.05) is 25.1 Å². The molecule has 0 aliphatic heterocycles. The second-order valence-corrected chi connectivity index (χ2v) is 8.57. The smallest absolute Gasteiger partial charge is 0.295 e. The van der Waals surface area contributed by atoms with Gasteiger partial charge in [-0.1, -0.05) is 26.0 Å². The zero-order valence-electron chi connectivity index (χ0n) is 15.6. The lowest BCUT2D eigenvalue weighted by atomic mass is 10.0. The molecule has 0 fully saturated rings. The van der Waals surface area contributed by atoms with E-state index in [2.05, 4.69) is 18.6 Å². The Hall–Kier alpha value is -2.54. The van der Waals surface area contributed by atoms with Crippen molar-refractivity contribution in [1.29, 1.82) is 0 Å². The van der Waals surface area contributed by atoms with Crippen molar-refractivity contribution in [1.82, 2.24) is 9.13 Å². The van der Waals surface area contributed by atoms with Crippen LogP contribution in [0.2, 0.25) is 0 Å². The van der Waals surface area contributed by atoms with Gasteiger partial charge in [0.25, 0.3) is 10.0 Å². The number of hydrogen-bond donors (Lipinski definition) is 1. The standard InChI is InChI=1S/C19H23N3O3S/c1-12(2)14-6-8-15(9-7-14)26(24,25)20-16-11-18-17(10-13(16)3)21(4)19(23)22(18)5/h6-12,20H,1-5H3. The number of nitrogens with zero attached hydrogens (tertiary/aromatic N) is 2. The van der Waals surface area contributed by atoms with Gasteiger partial charge in [-0.2, -0.15) is 0 Å². The Balaban J connectivity index is 2.03. The highest BCUT2D eigenvalue weighted by Crippen LogP contribution is 2.25. The first kappa shape index (κ1) is 18.3. The van der Waals surface area contributed by atoms with Gasteiger partial charge >= 0.3 is 5.69 Å². The maximum absolute atomic E-state index is 12.7. The van der Waals surface area contributed by atoms with Crippen LogP contribution in [-0.2, 0) is 24.1 Å². The van der Waals surface area contributed by atoms with Crippen molar-refractivity contribution in [2.75, 3.05) is 4.72 Å². The number of imidazole rings is 1. The van der Waals surface area contributed by atoms with Crippen molar-refractivity contribution >= 4 is 26.7 Å². The quantitative estimate of drug-likeness (QED) is 0.764. The molecule has 0 aliphatic rings. The van der Waals surface area contributed by atoms with Crippen LogP contribution < -0.4 is 10.4 Å². The van der Waals surface area contributed by atoms with E-state index in [4.69, 9.17) is 0 Å². The molecule has 0 bridgehead atoms. The molecule has 0 aliphatic carbocycles.